The van der Waals surface area contributed by atoms with Crippen LogP contribution in [0.15, 0.2) is 42.5 Å². The lowest BCUT2D eigenvalue weighted by Gasteiger charge is -2.08. The van der Waals surface area contributed by atoms with E-state index < -0.39 is 11.3 Å². The lowest BCUT2D eigenvalue weighted by atomic mass is 10.1. The van der Waals surface area contributed by atoms with Crippen molar-refractivity contribution in [2.24, 2.45) is 0 Å². The SMILES string of the molecule is O=[N+]([O-])c1cc(NCc2ccc(C(F)F)cc2)ccc1Cl. The van der Waals surface area contributed by atoms with Crippen molar-refractivity contribution >= 4 is 23.0 Å². The van der Waals surface area contributed by atoms with Gasteiger partial charge in [0.25, 0.3) is 12.1 Å². The number of hydrogen-bond donors (Lipinski definition) is 1. The quantitative estimate of drug-likeness (QED) is 0.637. The predicted molar refractivity (Wildman–Crippen MR) is 76.8 cm³/mol. The normalized spacial score (nSPS) is 10.7. The van der Waals surface area contributed by atoms with Gasteiger partial charge in [-0.05, 0) is 17.7 Å². The van der Waals surface area contributed by atoms with E-state index in [1.54, 1.807) is 18.2 Å². The van der Waals surface area contributed by atoms with Crippen LogP contribution in [0.2, 0.25) is 5.02 Å². The molecule has 0 amide bonds. The number of nitro benzene ring substituents is 1. The zero-order chi connectivity index (χ0) is 15.4. The Bertz CT molecular complexity index is 648. The Morgan fingerprint density at radius 3 is 2.43 bits per heavy atom. The summed E-state index contributed by atoms with van der Waals surface area (Å²) >= 11 is 5.71. The molecule has 0 unspecified atom stereocenters. The number of alkyl halides is 2. The molecule has 0 aliphatic rings. The van der Waals surface area contributed by atoms with E-state index in [1.165, 1.54) is 24.3 Å². The summed E-state index contributed by atoms with van der Waals surface area (Å²) in [6, 6.07) is 10.2. The number of halogens is 3. The van der Waals surface area contributed by atoms with Crippen LogP contribution in [-0.2, 0) is 6.54 Å². The van der Waals surface area contributed by atoms with E-state index in [9.17, 15) is 18.9 Å². The molecular formula is C14H11ClF2N2O2. The van der Waals surface area contributed by atoms with Crippen molar-refractivity contribution in [3.8, 4) is 0 Å². The highest BCUT2D eigenvalue weighted by Crippen LogP contribution is 2.27. The zero-order valence-electron chi connectivity index (χ0n) is 10.7. The lowest BCUT2D eigenvalue weighted by molar-refractivity contribution is -0.384. The summed E-state index contributed by atoms with van der Waals surface area (Å²) in [4.78, 5) is 10.2. The summed E-state index contributed by atoms with van der Waals surface area (Å²) in [5.41, 5.74) is 1.09. The van der Waals surface area contributed by atoms with Crippen LogP contribution in [0, 0.1) is 10.1 Å². The molecule has 2 aromatic rings. The molecule has 4 nitrogen and oxygen atoms in total. The highest BCUT2D eigenvalue weighted by molar-refractivity contribution is 6.32. The fourth-order valence-corrected chi connectivity index (χ4v) is 1.93. The minimum absolute atomic E-state index is 0.0409. The van der Waals surface area contributed by atoms with Crippen LogP contribution in [-0.4, -0.2) is 4.92 Å². The van der Waals surface area contributed by atoms with Gasteiger partial charge in [0.1, 0.15) is 5.02 Å². The van der Waals surface area contributed by atoms with Gasteiger partial charge in [0, 0.05) is 23.9 Å². The molecule has 0 aromatic heterocycles. The largest absolute Gasteiger partial charge is 0.381 e. The fraction of sp³-hybridized carbons (Fsp3) is 0.143. The number of benzene rings is 2. The van der Waals surface area contributed by atoms with Crippen LogP contribution >= 0.6 is 11.6 Å². The van der Waals surface area contributed by atoms with Crippen molar-refractivity contribution in [2.75, 3.05) is 5.32 Å². The van der Waals surface area contributed by atoms with Gasteiger partial charge >= 0.3 is 0 Å². The van der Waals surface area contributed by atoms with E-state index >= 15 is 0 Å². The summed E-state index contributed by atoms with van der Waals surface area (Å²) < 4.78 is 24.8. The molecule has 0 fully saturated rings. The minimum atomic E-state index is -2.49. The number of anilines is 1. The molecular weight excluding hydrogens is 302 g/mol. The maximum Gasteiger partial charge on any atom is 0.289 e. The lowest BCUT2D eigenvalue weighted by Crippen LogP contribution is -2.00. The van der Waals surface area contributed by atoms with Gasteiger partial charge in [-0.2, -0.15) is 0 Å². The van der Waals surface area contributed by atoms with E-state index in [0.29, 0.717) is 12.2 Å². The topological polar surface area (TPSA) is 55.2 Å². The Labute approximate surface area is 124 Å². The molecule has 0 saturated heterocycles. The van der Waals surface area contributed by atoms with Crippen molar-refractivity contribution in [3.63, 3.8) is 0 Å². The number of nitro groups is 1. The van der Waals surface area contributed by atoms with Crippen molar-refractivity contribution in [1.29, 1.82) is 0 Å². The third-order valence-corrected chi connectivity index (χ3v) is 3.19. The van der Waals surface area contributed by atoms with E-state index in [1.807, 2.05) is 0 Å². The number of rotatable bonds is 5. The summed E-state index contributed by atoms with van der Waals surface area (Å²) in [5, 5.41) is 13.8. The van der Waals surface area contributed by atoms with Gasteiger partial charge in [0.05, 0.1) is 4.92 Å². The molecule has 1 N–H and O–H groups in total. The molecule has 0 saturated carbocycles. The fourth-order valence-electron chi connectivity index (χ4n) is 1.75. The Hall–Kier alpha value is -2.21. The Morgan fingerprint density at radius 1 is 1.19 bits per heavy atom. The van der Waals surface area contributed by atoms with E-state index in [-0.39, 0.29) is 16.3 Å². The van der Waals surface area contributed by atoms with Gasteiger partial charge < -0.3 is 5.32 Å². The van der Waals surface area contributed by atoms with Crippen LogP contribution in [0.3, 0.4) is 0 Å². The average molecular weight is 313 g/mol. The molecule has 2 rings (SSSR count). The molecule has 0 radical (unpaired) electrons. The highest BCUT2D eigenvalue weighted by Gasteiger charge is 2.12. The predicted octanol–water partition coefficient (Wildman–Crippen LogP) is 4.80. The van der Waals surface area contributed by atoms with Gasteiger partial charge in [0.2, 0.25) is 0 Å². The molecule has 0 aliphatic carbocycles. The molecule has 0 aliphatic heterocycles. The minimum Gasteiger partial charge on any atom is -0.381 e. The van der Waals surface area contributed by atoms with Crippen molar-refractivity contribution in [1.82, 2.24) is 0 Å². The Kier molecular flexibility index (Phi) is 4.70. The second-order valence-corrected chi connectivity index (χ2v) is 4.73. The molecule has 0 atom stereocenters. The second kappa shape index (κ2) is 6.49. The van der Waals surface area contributed by atoms with Crippen LogP contribution in [0.4, 0.5) is 20.2 Å². The number of hydrogen-bond acceptors (Lipinski definition) is 3. The zero-order valence-corrected chi connectivity index (χ0v) is 11.5. The molecule has 0 heterocycles. The van der Waals surface area contributed by atoms with Crippen molar-refractivity contribution in [2.45, 2.75) is 13.0 Å². The first-order valence-corrected chi connectivity index (χ1v) is 6.40. The highest BCUT2D eigenvalue weighted by atomic mass is 35.5. The molecule has 2 aromatic carbocycles. The number of nitrogens with zero attached hydrogens (tertiary/aromatic N) is 1. The Morgan fingerprint density at radius 2 is 1.86 bits per heavy atom. The standard InChI is InChI=1S/C14H11ClF2N2O2/c15-12-6-5-11(7-13(12)19(20)21)18-8-9-1-3-10(4-2-9)14(16)17/h1-7,14,18H,8H2. The summed E-state index contributed by atoms with van der Waals surface area (Å²) in [6.07, 6.45) is -2.49. The second-order valence-electron chi connectivity index (χ2n) is 4.32. The first-order valence-electron chi connectivity index (χ1n) is 6.02. The van der Waals surface area contributed by atoms with Crippen LogP contribution in [0.1, 0.15) is 17.6 Å². The summed E-state index contributed by atoms with van der Waals surface area (Å²) in [6.45, 7) is 0.363. The summed E-state index contributed by atoms with van der Waals surface area (Å²) in [7, 11) is 0. The number of nitrogens with one attached hydrogen (secondary N) is 1. The van der Waals surface area contributed by atoms with Crippen molar-refractivity contribution < 1.29 is 13.7 Å². The average Bonchev–Trinajstić information content (AvgIpc) is 2.46. The van der Waals surface area contributed by atoms with Crippen LogP contribution in [0.25, 0.3) is 0 Å². The third-order valence-electron chi connectivity index (χ3n) is 2.87. The maximum absolute atomic E-state index is 12.4. The van der Waals surface area contributed by atoms with Gasteiger partial charge in [0.15, 0.2) is 0 Å². The third kappa shape index (κ3) is 3.88. The molecule has 0 bridgehead atoms. The van der Waals surface area contributed by atoms with Crippen molar-refractivity contribution in [3.05, 3.63) is 68.7 Å². The van der Waals surface area contributed by atoms with E-state index in [2.05, 4.69) is 5.32 Å². The smallest absolute Gasteiger partial charge is 0.289 e. The molecule has 110 valence electrons. The summed E-state index contributed by atoms with van der Waals surface area (Å²) in [5.74, 6) is 0. The first-order chi connectivity index (χ1) is 9.97. The van der Waals surface area contributed by atoms with Gasteiger partial charge in [-0.3, -0.25) is 10.1 Å². The molecule has 7 heteroatoms. The van der Waals surface area contributed by atoms with E-state index in [0.717, 1.165) is 5.56 Å². The van der Waals surface area contributed by atoms with E-state index in [4.69, 9.17) is 11.6 Å². The van der Waals surface area contributed by atoms with Gasteiger partial charge in [-0.15, -0.1) is 0 Å². The van der Waals surface area contributed by atoms with Gasteiger partial charge in [-0.25, -0.2) is 8.78 Å². The van der Waals surface area contributed by atoms with Gasteiger partial charge in [-0.1, -0.05) is 35.9 Å². The van der Waals surface area contributed by atoms with Crippen LogP contribution < -0.4 is 5.32 Å². The van der Waals surface area contributed by atoms with Crippen LogP contribution in [0.5, 0.6) is 0 Å². The first kappa shape index (κ1) is 15.2. The Balaban J connectivity index is 2.06. The maximum atomic E-state index is 12.4. The molecule has 21 heavy (non-hydrogen) atoms. The molecule has 0 spiro atoms. The monoisotopic (exact) mass is 312 g/mol.